The van der Waals surface area contributed by atoms with Gasteiger partial charge in [0.15, 0.2) is 0 Å². The number of nitrogens with two attached hydrogens (primary N) is 1. The number of hydrogen-bond acceptors (Lipinski definition) is 2. The van der Waals surface area contributed by atoms with E-state index in [-0.39, 0.29) is 24.4 Å². The van der Waals surface area contributed by atoms with Crippen LogP contribution in [-0.2, 0) is 6.42 Å². The Balaban J connectivity index is 0.00000161. The molecule has 112 valence electrons. The molecule has 0 fully saturated rings. The molecule has 0 spiro atoms. The predicted molar refractivity (Wildman–Crippen MR) is 89.7 cm³/mol. The summed E-state index contributed by atoms with van der Waals surface area (Å²) in [4.78, 5) is 0. The normalized spacial score (nSPS) is 15.1. The largest absolute Gasteiger partial charge is 0.391 e. The van der Waals surface area contributed by atoms with Gasteiger partial charge in [-0.1, -0.05) is 56.3 Å². The maximum absolute atomic E-state index is 10.1. The van der Waals surface area contributed by atoms with Gasteiger partial charge >= 0.3 is 0 Å². The summed E-state index contributed by atoms with van der Waals surface area (Å²) in [6, 6.07) is 14.5. The van der Waals surface area contributed by atoms with Gasteiger partial charge in [0.2, 0.25) is 0 Å². The minimum atomic E-state index is -0.503. The van der Waals surface area contributed by atoms with Crippen LogP contribution in [0, 0.1) is 5.92 Å². The number of rotatable bonds is 3. The van der Waals surface area contributed by atoms with Crippen molar-refractivity contribution in [2.45, 2.75) is 32.4 Å². The van der Waals surface area contributed by atoms with Gasteiger partial charge in [-0.15, -0.1) is 12.4 Å². The summed E-state index contributed by atoms with van der Waals surface area (Å²) < 4.78 is 0. The molecule has 0 radical (unpaired) electrons. The average Bonchev–Trinajstić information content (AvgIpc) is 2.83. The number of fused-ring (bicyclic) bond motifs is 3. The van der Waals surface area contributed by atoms with E-state index in [1.165, 1.54) is 22.3 Å². The first-order valence-corrected chi connectivity index (χ1v) is 7.22. The Kier molecular flexibility index (Phi) is 4.72. The Morgan fingerprint density at radius 2 is 1.67 bits per heavy atom. The molecule has 0 saturated carbocycles. The van der Waals surface area contributed by atoms with E-state index in [0.29, 0.717) is 0 Å². The molecule has 3 rings (SSSR count). The quantitative estimate of drug-likeness (QED) is 0.775. The number of aliphatic hydroxyl groups is 1. The van der Waals surface area contributed by atoms with Gasteiger partial charge < -0.3 is 10.8 Å². The Bertz CT molecular complexity index is 639. The van der Waals surface area contributed by atoms with Gasteiger partial charge in [-0.3, -0.25) is 0 Å². The summed E-state index contributed by atoms with van der Waals surface area (Å²) in [7, 11) is 0. The van der Waals surface area contributed by atoms with Crippen LogP contribution in [0.4, 0.5) is 0 Å². The molecule has 0 amide bonds. The van der Waals surface area contributed by atoms with Crippen LogP contribution in [0.15, 0.2) is 42.5 Å². The monoisotopic (exact) mass is 303 g/mol. The zero-order valence-electron chi connectivity index (χ0n) is 12.4. The van der Waals surface area contributed by atoms with E-state index in [9.17, 15) is 5.11 Å². The highest BCUT2D eigenvalue weighted by Crippen LogP contribution is 2.37. The Hall–Kier alpha value is -1.35. The summed E-state index contributed by atoms with van der Waals surface area (Å²) in [5.41, 5.74) is 12.5. The van der Waals surface area contributed by atoms with Crippen molar-refractivity contribution >= 4 is 12.4 Å². The van der Waals surface area contributed by atoms with E-state index in [1.807, 2.05) is 13.8 Å². The van der Waals surface area contributed by atoms with Gasteiger partial charge in [0.05, 0.1) is 12.1 Å². The first-order chi connectivity index (χ1) is 9.58. The van der Waals surface area contributed by atoms with Crippen LogP contribution in [0.3, 0.4) is 0 Å². The van der Waals surface area contributed by atoms with Crippen molar-refractivity contribution in [3.05, 3.63) is 59.2 Å². The van der Waals surface area contributed by atoms with Crippen LogP contribution in [0.25, 0.3) is 11.1 Å². The molecule has 21 heavy (non-hydrogen) atoms. The maximum Gasteiger partial charge on any atom is 0.0755 e. The van der Waals surface area contributed by atoms with Gasteiger partial charge in [-0.2, -0.15) is 0 Å². The molecule has 0 bridgehead atoms. The fourth-order valence-electron chi connectivity index (χ4n) is 2.98. The molecule has 2 nitrogen and oxygen atoms in total. The predicted octanol–water partition coefficient (Wildman–Crippen LogP) is 3.70. The molecule has 2 atom stereocenters. The lowest BCUT2D eigenvalue weighted by atomic mass is 9.92. The molecule has 3 N–H and O–H groups in total. The Morgan fingerprint density at radius 3 is 2.38 bits per heavy atom. The number of benzene rings is 2. The van der Waals surface area contributed by atoms with Crippen molar-refractivity contribution in [1.82, 2.24) is 0 Å². The smallest absolute Gasteiger partial charge is 0.0755 e. The van der Waals surface area contributed by atoms with E-state index < -0.39 is 6.10 Å². The SMILES string of the molecule is CC(C)[C@H](O)[C@H](N)c1ccc2c(c1)Cc1ccccc1-2.Cl. The van der Waals surface area contributed by atoms with Crippen molar-refractivity contribution in [2.24, 2.45) is 11.7 Å². The summed E-state index contributed by atoms with van der Waals surface area (Å²) in [6.45, 7) is 3.99. The van der Waals surface area contributed by atoms with Crippen molar-refractivity contribution in [2.75, 3.05) is 0 Å². The minimum absolute atomic E-state index is 0. The van der Waals surface area contributed by atoms with Crippen LogP contribution in [-0.4, -0.2) is 11.2 Å². The van der Waals surface area contributed by atoms with Gasteiger partial charge in [-0.05, 0) is 40.2 Å². The number of aliphatic hydroxyl groups excluding tert-OH is 1. The van der Waals surface area contributed by atoms with Crippen LogP contribution in [0.2, 0.25) is 0 Å². The minimum Gasteiger partial charge on any atom is -0.391 e. The van der Waals surface area contributed by atoms with Crippen molar-refractivity contribution in [3.8, 4) is 11.1 Å². The summed E-state index contributed by atoms with van der Waals surface area (Å²) in [5, 5.41) is 10.1. The summed E-state index contributed by atoms with van der Waals surface area (Å²) in [5.74, 6) is 0.162. The molecular formula is C18H22ClNO. The van der Waals surface area contributed by atoms with E-state index >= 15 is 0 Å². The highest BCUT2D eigenvalue weighted by Gasteiger charge is 2.23. The lowest BCUT2D eigenvalue weighted by Crippen LogP contribution is -2.30. The standard InChI is InChI=1S/C18H21NO.ClH/c1-11(2)18(20)17(19)13-7-8-16-14(10-13)9-12-5-3-4-6-15(12)16;/h3-8,10-11,17-18,20H,9,19H2,1-2H3;1H/t17-,18+;/m1./s1. The van der Waals surface area contributed by atoms with Crippen molar-refractivity contribution in [3.63, 3.8) is 0 Å². The molecule has 0 heterocycles. The molecule has 3 heteroatoms. The molecule has 0 aliphatic heterocycles. The van der Waals surface area contributed by atoms with Crippen LogP contribution < -0.4 is 5.73 Å². The molecule has 1 aliphatic carbocycles. The lowest BCUT2D eigenvalue weighted by molar-refractivity contribution is 0.0979. The van der Waals surface area contributed by atoms with Gasteiger partial charge in [-0.25, -0.2) is 0 Å². The van der Waals surface area contributed by atoms with E-state index in [4.69, 9.17) is 5.73 Å². The van der Waals surface area contributed by atoms with Crippen LogP contribution in [0.1, 0.15) is 36.6 Å². The van der Waals surface area contributed by atoms with E-state index in [1.54, 1.807) is 0 Å². The summed E-state index contributed by atoms with van der Waals surface area (Å²) >= 11 is 0. The van der Waals surface area contributed by atoms with Crippen molar-refractivity contribution < 1.29 is 5.11 Å². The van der Waals surface area contributed by atoms with E-state index in [2.05, 4.69) is 42.5 Å². The first-order valence-electron chi connectivity index (χ1n) is 7.22. The second-order valence-electron chi connectivity index (χ2n) is 6.01. The highest BCUT2D eigenvalue weighted by atomic mass is 35.5. The zero-order valence-corrected chi connectivity index (χ0v) is 13.2. The average molecular weight is 304 g/mol. The summed E-state index contributed by atoms with van der Waals surface area (Å²) in [6.07, 6.45) is 0.459. The Morgan fingerprint density at radius 1 is 1.00 bits per heavy atom. The second kappa shape index (κ2) is 6.18. The Labute approximate surface area is 132 Å². The van der Waals surface area contributed by atoms with Gasteiger partial charge in [0.1, 0.15) is 0 Å². The molecule has 2 aromatic carbocycles. The number of halogens is 1. The van der Waals surface area contributed by atoms with Crippen LogP contribution in [0.5, 0.6) is 0 Å². The first kappa shape index (κ1) is 16.0. The van der Waals surface area contributed by atoms with Crippen LogP contribution >= 0.6 is 12.4 Å². The molecule has 1 aliphatic rings. The maximum atomic E-state index is 10.1. The number of hydrogen-bond donors (Lipinski definition) is 2. The molecular weight excluding hydrogens is 282 g/mol. The third kappa shape index (κ3) is 2.84. The molecule has 2 aromatic rings. The molecule has 0 unspecified atom stereocenters. The third-order valence-electron chi connectivity index (χ3n) is 4.25. The molecule has 0 aromatic heterocycles. The molecule has 0 saturated heterocycles. The lowest BCUT2D eigenvalue weighted by Gasteiger charge is -2.23. The zero-order chi connectivity index (χ0) is 14.3. The van der Waals surface area contributed by atoms with Gasteiger partial charge in [0.25, 0.3) is 0 Å². The fraction of sp³-hybridized carbons (Fsp3) is 0.333. The van der Waals surface area contributed by atoms with Crippen molar-refractivity contribution in [1.29, 1.82) is 0 Å². The third-order valence-corrected chi connectivity index (χ3v) is 4.25. The highest BCUT2D eigenvalue weighted by molar-refractivity contribution is 5.85. The van der Waals surface area contributed by atoms with Gasteiger partial charge in [0, 0.05) is 0 Å². The topological polar surface area (TPSA) is 46.2 Å². The second-order valence-corrected chi connectivity index (χ2v) is 6.01. The van der Waals surface area contributed by atoms with E-state index in [0.717, 1.165) is 12.0 Å². The fourth-order valence-corrected chi connectivity index (χ4v) is 2.98.